The Balaban J connectivity index is 1.67. The molecule has 0 unspecified atom stereocenters. The van der Waals surface area contributed by atoms with Gasteiger partial charge in [0.05, 0.1) is 18.0 Å². The van der Waals surface area contributed by atoms with E-state index in [0.717, 1.165) is 16.6 Å². The standard InChI is InChI=1S/C21H20N4O2/c1-13(2)25-21(27)17-9-5-4-8-16(17)19(24-25)20(26)22-12-15-11-14-7-3-6-10-18(14)23-15/h3-11,13,23H,12H2,1-2H3,(H,22,26). The number of carbonyl (C=O) groups is 1. The first kappa shape index (κ1) is 17.0. The fraction of sp³-hybridized carbons (Fsp3) is 0.190. The highest BCUT2D eigenvalue weighted by atomic mass is 16.2. The minimum atomic E-state index is -0.306. The monoisotopic (exact) mass is 360 g/mol. The maximum atomic E-state index is 12.8. The van der Waals surface area contributed by atoms with Gasteiger partial charge in [-0.3, -0.25) is 9.59 Å². The van der Waals surface area contributed by atoms with E-state index in [1.807, 2.05) is 44.2 Å². The molecule has 0 aliphatic heterocycles. The number of hydrogen-bond acceptors (Lipinski definition) is 3. The Kier molecular flexibility index (Phi) is 4.24. The molecule has 0 spiro atoms. The number of rotatable bonds is 4. The summed E-state index contributed by atoms with van der Waals surface area (Å²) in [6.07, 6.45) is 0. The first-order valence-electron chi connectivity index (χ1n) is 8.91. The highest BCUT2D eigenvalue weighted by Crippen LogP contribution is 2.16. The van der Waals surface area contributed by atoms with Gasteiger partial charge in [-0.15, -0.1) is 0 Å². The molecule has 0 aliphatic carbocycles. The van der Waals surface area contributed by atoms with Crippen molar-refractivity contribution in [1.82, 2.24) is 20.1 Å². The van der Waals surface area contributed by atoms with Gasteiger partial charge in [-0.2, -0.15) is 5.10 Å². The van der Waals surface area contributed by atoms with Crippen LogP contribution in [0.1, 0.15) is 36.1 Å². The number of carbonyl (C=O) groups excluding carboxylic acids is 1. The molecule has 2 aromatic carbocycles. The van der Waals surface area contributed by atoms with Gasteiger partial charge < -0.3 is 10.3 Å². The molecule has 0 aliphatic rings. The van der Waals surface area contributed by atoms with E-state index < -0.39 is 0 Å². The average molecular weight is 360 g/mol. The molecule has 1 amide bonds. The number of para-hydroxylation sites is 1. The molecular formula is C21H20N4O2. The van der Waals surface area contributed by atoms with Crippen LogP contribution < -0.4 is 10.9 Å². The molecule has 0 saturated heterocycles. The second kappa shape index (κ2) is 6.72. The number of aromatic nitrogens is 3. The highest BCUT2D eigenvalue weighted by molar-refractivity contribution is 6.04. The Hall–Kier alpha value is -3.41. The Labute approximate surface area is 155 Å². The van der Waals surface area contributed by atoms with E-state index >= 15 is 0 Å². The van der Waals surface area contributed by atoms with Gasteiger partial charge in [0.2, 0.25) is 0 Å². The van der Waals surface area contributed by atoms with Crippen LogP contribution in [0.25, 0.3) is 21.7 Å². The van der Waals surface area contributed by atoms with Crippen LogP contribution >= 0.6 is 0 Å². The summed E-state index contributed by atoms with van der Waals surface area (Å²) >= 11 is 0. The third-order valence-corrected chi connectivity index (χ3v) is 4.56. The molecular weight excluding hydrogens is 340 g/mol. The number of nitrogens with one attached hydrogen (secondary N) is 2. The zero-order valence-corrected chi connectivity index (χ0v) is 15.2. The SMILES string of the molecule is CC(C)n1nc(C(=O)NCc2cc3ccccc3[nH]2)c2ccccc2c1=O. The van der Waals surface area contributed by atoms with Crippen LogP contribution in [-0.2, 0) is 6.54 Å². The fourth-order valence-corrected chi connectivity index (χ4v) is 3.21. The first-order valence-corrected chi connectivity index (χ1v) is 8.91. The van der Waals surface area contributed by atoms with Crippen LogP contribution in [0.5, 0.6) is 0 Å². The lowest BCUT2D eigenvalue weighted by Gasteiger charge is -2.13. The second-order valence-electron chi connectivity index (χ2n) is 6.80. The summed E-state index contributed by atoms with van der Waals surface area (Å²) in [6, 6.07) is 16.9. The molecule has 136 valence electrons. The third-order valence-electron chi connectivity index (χ3n) is 4.56. The lowest BCUT2D eigenvalue weighted by molar-refractivity contribution is 0.0944. The average Bonchev–Trinajstić information content (AvgIpc) is 3.09. The minimum absolute atomic E-state index is 0.137. The summed E-state index contributed by atoms with van der Waals surface area (Å²) in [5, 5.41) is 9.40. The molecule has 0 saturated carbocycles. The number of nitrogens with zero attached hydrogens (tertiary/aromatic N) is 2. The molecule has 6 heteroatoms. The maximum absolute atomic E-state index is 12.8. The van der Waals surface area contributed by atoms with E-state index in [0.29, 0.717) is 17.3 Å². The minimum Gasteiger partial charge on any atom is -0.357 e. The summed E-state index contributed by atoms with van der Waals surface area (Å²) in [5.41, 5.74) is 2.01. The van der Waals surface area contributed by atoms with Crippen molar-refractivity contribution >= 4 is 27.6 Å². The summed E-state index contributed by atoms with van der Waals surface area (Å²) < 4.78 is 1.36. The quantitative estimate of drug-likeness (QED) is 0.585. The van der Waals surface area contributed by atoms with Crippen molar-refractivity contribution in [3.63, 3.8) is 0 Å². The Morgan fingerprint density at radius 1 is 1.11 bits per heavy atom. The summed E-state index contributed by atoms with van der Waals surface area (Å²) in [5.74, 6) is -0.306. The topological polar surface area (TPSA) is 79.8 Å². The Morgan fingerprint density at radius 3 is 2.56 bits per heavy atom. The van der Waals surface area contributed by atoms with Gasteiger partial charge in [0.15, 0.2) is 5.69 Å². The van der Waals surface area contributed by atoms with Crippen LogP contribution in [0.2, 0.25) is 0 Å². The molecule has 2 aromatic heterocycles. The van der Waals surface area contributed by atoms with E-state index in [1.165, 1.54) is 4.68 Å². The predicted octanol–water partition coefficient (Wildman–Crippen LogP) is 3.39. The van der Waals surface area contributed by atoms with Crippen molar-refractivity contribution in [3.05, 3.63) is 76.3 Å². The third kappa shape index (κ3) is 3.10. The molecule has 2 heterocycles. The largest absolute Gasteiger partial charge is 0.357 e. The number of aromatic amines is 1. The molecule has 0 atom stereocenters. The summed E-state index contributed by atoms with van der Waals surface area (Å²) in [4.78, 5) is 28.7. The molecule has 4 rings (SSSR count). The van der Waals surface area contributed by atoms with Gasteiger partial charge in [-0.25, -0.2) is 4.68 Å². The van der Waals surface area contributed by atoms with E-state index in [4.69, 9.17) is 0 Å². The lowest BCUT2D eigenvalue weighted by Crippen LogP contribution is -2.31. The molecule has 6 nitrogen and oxygen atoms in total. The van der Waals surface area contributed by atoms with Crippen molar-refractivity contribution in [2.75, 3.05) is 0 Å². The van der Waals surface area contributed by atoms with Crippen molar-refractivity contribution < 1.29 is 4.79 Å². The Morgan fingerprint density at radius 2 is 1.81 bits per heavy atom. The number of H-pyrrole nitrogens is 1. The van der Waals surface area contributed by atoms with Crippen molar-refractivity contribution in [2.45, 2.75) is 26.4 Å². The van der Waals surface area contributed by atoms with Gasteiger partial charge in [0.1, 0.15) is 0 Å². The number of hydrogen-bond donors (Lipinski definition) is 2. The van der Waals surface area contributed by atoms with Crippen molar-refractivity contribution in [1.29, 1.82) is 0 Å². The zero-order chi connectivity index (χ0) is 19.0. The van der Waals surface area contributed by atoms with Crippen LogP contribution in [0.3, 0.4) is 0 Å². The normalized spacial score (nSPS) is 11.4. The molecule has 27 heavy (non-hydrogen) atoms. The van der Waals surface area contributed by atoms with Gasteiger partial charge >= 0.3 is 0 Å². The van der Waals surface area contributed by atoms with Crippen LogP contribution in [0.15, 0.2) is 59.4 Å². The van der Waals surface area contributed by atoms with E-state index in [2.05, 4.69) is 15.4 Å². The van der Waals surface area contributed by atoms with Crippen LogP contribution in [0.4, 0.5) is 0 Å². The second-order valence-corrected chi connectivity index (χ2v) is 6.80. The highest BCUT2D eigenvalue weighted by Gasteiger charge is 2.17. The summed E-state index contributed by atoms with van der Waals surface area (Å²) in [7, 11) is 0. The molecule has 2 N–H and O–H groups in total. The van der Waals surface area contributed by atoms with Crippen molar-refractivity contribution in [3.8, 4) is 0 Å². The van der Waals surface area contributed by atoms with Crippen LogP contribution in [0, 0.1) is 0 Å². The van der Waals surface area contributed by atoms with E-state index in [1.54, 1.807) is 24.3 Å². The smallest absolute Gasteiger partial charge is 0.274 e. The Bertz CT molecular complexity index is 1170. The lowest BCUT2D eigenvalue weighted by atomic mass is 10.1. The number of amides is 1. The zero-order valence-electron chi connectivity index (χ0n) is 15.2. The summed E-state index contributed by atoms with van der Waals surface area (Å²) in [6.45, 7) is 4.09. The first-order chi connectivity index (χ1) is 13.0. The van der Waals surface area contributed by atoms with Gasteiger partial charge in [0.25, 0.3) is 11.5 Å². The van der Waals surface area contributed by atoms with E-state index in [9.17, 15) is 9.59 Å². The molecule has 0 bridgehead atoms. The van der Waals surface area contributed by atoms with Gasteiger partial charge in [-0.1, -0.05) is 36.4 Å². The molecule has 0 fully saturated rings. The number of benzene rings is 2. The van der Waals surface area contributed by atoms with Crippen LogP contribution in [-0.4, -0.2) is 20.7 Å². The van der Waals surface area contributed by atoms with Gasteiger partial charge in [-0.05, 0) is 37.4 Å². The molecule has 4 aromatic rings. The molecule has 0 radical (unpaired) electrons. The van der Waals surface area contributed by atoms with Gasteiger partial charge in [0, 0.05) is 16.6 Å². The number of fused-ring (bicyclic) bond motifs is 2. The van der Waals surface area contributed by atoms with Crippen molar-refractivity contribution in [2.24, 2.45) is 0 Å². The fourth-order valence-electron chi connectivity index (χ4n) is 3.21. The van der Waals surface area contributed by atoms with E-state index in [-0.39, 0.29) is 23.2 Å². The predicted molar refractivity (Wildman–Crippen MR) is 106 cm³/mol. The maximum Gasteiger partial charge on any atom is 0.274 e.